The SMILES string of the molecule is C=CC1(N2CN([C@@H](c3ccc(F)c(F)c3OCC)c3ncccc3C)n3ccc(=O)c(O)c3C2=O)CCC1. The van der Waals surface area contributed by atoms with Gasteiger partial charge in [0.2, 0.25) is 11.2 Å². The van der Waals surface area contributed by atoms with Gasteiger partial charge in [-0.05, 0) is 56.9 Å². The van der Waals surface area contributed by atoms with E-state index in [1.54, 1.807) is 35.2 Å². The number of halogens is 2. The maximum Gasteiger partial charge on any atom is 0.278 e. The van der Waals surface area contributed by atoms with Crippen LogP contribution >= 0.6 is 0 Å². The summed E-state index contributed by atoms with van der Waals surface area (Å²) >= 11 is 0. The summed E-state index contributed by atoms with van der Waals surface area (Å²) in [4.78, 5) is 32.3. The highest BCUT2D eigenvalue weighted by atomic mass is 19.2. The molecule has 10 heteroatoms. The highest BCUT2D eigenvalue weighted by Gasteiger charge is 2.48. The first kappa shape index (κ1) is 25.4. The third-order valence-corrected chi connectivity index (χ3v) is 7.47. The van der Waals surface area contributed by atoms with E-state index >= 15 is 4.39 Å². The van der Waals surface area contributed by atoms with Crippen LogP contribution in [-0.4, -0.2) is 44.4 Å². The monoisotopic (exact) mass is 522 g/mol. The zero-order valence-electron chi connectivity index (χ0n) is 21.2. The average Bonchev–Trinajstić information content (AvgIpc) is 2.88. The van der Waals surface area contributed by atoms with E-state index in [4.69, 9.17) is 4.74 Å². The topological polar surface area (TPSA) is 87.9 Å². The number of aromatic nitrogens is 2. The molecule has 0 saturated heterocycles. The minimum absolute atomic E-state index is 0.00853. The Hall–Kier alpha value is -4.21. The fourth-order valence-electron chi connectivity index (χ4n) is 5.29. The van der Waals surface area contributed by atoms with Gasteiger partial charge >= 0.3 is 0 Å². The van der Waals surface area contributed by atoms with Crippen molar-refractivity contribution < 1.29 is 23.4 Å². The summed E-state index contributed by atoms with van der Waals surface area (Å²) in [6.07, 6.45) is 6.89. The Bertz CT molecular complexity index is 1480. The van der Waals surface area contributed by atoms with Crippen LogP contribution < -0.4 is 15.2 Å². The fourth-order valence-corrected chi connectivity index (χ4v) is 5.29. The van der Waals surface area contributed by atoms with Crippen LogP contribution in [0.4, 0.5) is 8.78 Å². The molecule has 1 aliphatic carbocycles. The molecule has 1 aliphatic heterocycles. The zero-order chi connectivity index (χ0) is 27.2. The molecule has 1 fully saturated rings. The molecule has 198 valence electrons. The van der Waals surface area contributed by atoms with Crippen LogP contribution in [0.2, 0.25) is 0 Å². The lowest BCUT2D eigenvalue weighted by molar-refractivity contribution is 0.0256. The van der Waals surface area contributed by atoms with Crippen molar-refractivity contribution in [1.29, 1.82) is 0 Å². The van der Waals surface area contributed by atoms with Gasteiger partial charge in [-0.2, -0.15) is 4.39 Å². The first-order valence-corrected chi connectivity index (χ1v) is 12.4. The lowest BCUT2D eigenvalue weighted by atomic mass is 9.75. The molecular weight excluding hydrogens is 494 g/mol. The summed E-state index contributed by atoms with van der Waals surface area (Å²) in [5.74, 6) is -3.70. The van der Waals surface area contributed by atoms with E-state index in [1.165, 1.54) is 16.9 Å². The van der Waals surface area contributed by atoms with Crippen molar-refractivity contribution in [2.75, 3.05) is 18.3 Å². The molecule has 5 rings (SSSR count). The summed E-state index contributed by atoms with van der Waals surface area (Å²) in [5, 5.41) is 12.5. The summed E-state index contributed by atoms with van der Waals surface area (Å²) in [7, 11) is 0. The Labute approximate surface area is 218 Å². The largest absolute Gasteiger partial charge is 0.502 e. The molecule has 0 spiro atoms. The van der Waals surface area contributed by atoms with Crippen molar-refractivity contribution in [2.24, 2.45) is 0 Å². The summed E-state index contributed by atoms with van der Waals surface area (Å²) in [5.41, 5.74) is -0.0927. The zero-order valence-corrected chi connectivity index (χ0v) is 21.2. The quantitative estimate of drug-likeness (QED) is 0.469. The Morgan fingerprint density at radius 2 is 2.00 bits per heavy atom. The van der Waals surface area contributed by atoms with Gasteiger partial charge < -0.3 is 14.7 Å². The molecule has 1 saturated carbocycles. The summed E-state index contributed by atoms with van der Waals surface area (Å²) in [6, 6.07) is 6.30. The minimum atomic E-state index is -1.14. The number of nitrogens with zero attached hydrogens (tertiary/aromatic N) is 4. The number of aryl methyl sites for hydroxylation is 1. The van der Waals surface area contributed by atoms with E-state index < -0.39 is 40.3 Å². The maximum atomic E-state index is 15.1. The van der Waals surface area contributed by atoms with Crippen molar-refractivity contribution in [2.45, 2.75) is 44.7 Å². The molecule has 1 aromatic carbocycles. The molecule has 0 unspecified atom stereocenters. The Balaban J connectivity index is 1.81. The van der Waals surface area contributed by atoms with Crippen LogP contribution in [0.3, 0.4) is 0 Å². The minimum Gasteiger partial charge on any atom is -0.502 e. The molecule has 0 bridgehead atoms. The van der Waals surface area contributed by atoms with E-state index in [9.17, 15) is 19.1 Å². The summed E-state index contributed by atoms with van der Waals surface area (Å²) in [6.45, 7) is 7.53. The van der Waals surface area contributed by atoms with Gasteiger partial charge in [-0.25, -0.2) is 4.39 Å². The van der Waals surface area contributed by atoms with Crippen LogP contribution in [0, 0.1) is 18.6 Å². The number of carbonyl (C=O) groups is 1. The van der Waals surface area contributed by atoms with E-state index in [1.807, 2.05) is 13.0 Å². The number of hydrogen-bond acceptors (Lipinski definition) is 6. The Morgan fingerprint density at radius 3 is 2.63 bits per heavy atom. The van der Waals surface area contributed by atoms with E-state index in [2.05, 4.69) is 11.6 Å². The van der Waals surface area contributed by atoms with Gasteiger partial charge in [0.15, 0.2) is 23.0 Å². The van der Waals surface area contributed by atoms with Crippen LogP contribution in [0.15, 0.2) is 60.2 Å². The van der Waals surface area contributed by atoms with Crippen molar-refractivity contribution in [3.05, 3.63) is 99.8 Å². The average molecular weight is 523 g/mol. The molecule has 1 N–H and O–H groups in total. The van der Waals surface area contributed by atoms with Crippen molar-refractivity contribution in [1.82, 2.24) is 14.6 Å². The Kier molecular flexibility index (Phi) is 6.42. The number of fused-ring (bicyclic) bond motifs is 1. The van der Waals surface area contributed by atoms with Crippen molar-refractivity contribution in [3.63, 3.8) is 0 Å². The number of aromatic hydroxyl groups is 1. The third kappa shape index (κ3) is 3.82. The fraction of sp³-hybridized carbons (Fsp3) is 0.321. The van der Waals surface area contributed by atoms with Gasteiger partial charge in [0, 0.05) is 24.0 Å². The van der Waals surface area contributed by atoms with Crippen LogP contribution in [0.1, 0.15) is 59.5 Å². The predicted molar refractivity (Wildman–Crippen MR) is 137 cm³/mol. The number of benzene rings is 1. The van der Waals surface area contributed by atoms with Crippen LogP contribution in [0.5, 0.6) is 11.5 Å². The number of rotatable bonds is 7. The van der Waals surface area contributed by atoms with E-state index in [-0.39, 0.29) is 30.3 Å². The molecule has 8 nitrogen and oxygen atoms in total. The molecule has 2 aromatic heterocycles. The van der Waals surface area contributed by atoms with Gasteiger partial charge in [-0.15, -0.1) is 6.58 Å². The molecular formula is C28H28F2N4O4. The van der Waals surface area contributed by atoms with Crippen molar-refractivity contribution in [3.8, 4) is 11.5 Å². The number of pyridine rings is 2. The third-order valence-electron chi connectivity index (χ3n) is 7.47. The van der Waals surface area contributed by atoms with Gasteiger partial charge in [-0.1, -0.05) is 12.1 Å². The molecule has 3 aromatic rings. The van der Waals surface area contributed by atoms with Gasteiger partial charge in [-0.3, -0.25) is 24.3 Å². The second-order valence-corrected chi connectivity index (χ2v) is 9.52. The second-order valence-electron chi connectivity index (χ2n) is 9.52. The van der Waals surface area contributed by atoms with Crippen LogP contribution in [0.25, 0.3) is 0 Å². The van der Waals surface area contributed by atoms with E-state index in [0.29, 0.717) is 18.5 Å². The molecule has 3 heterocycles. The normalized spacial score (nSPS) is 17.0. The first-order valence-electron chi connectivity index (χ1n) is 12.4. The molecule has 38 heavy (non-hydrogen) atoms. The smallest absolute Gasteiger partial charge is 0.278 e. The van der Waals surface area contributed by atoms with E-state index in [0.717, 1.165) is 24.1 Å². The molecule has 1 atom stereocenters. The second kappa shape index (κ2) is 9.59. The highest BCUT2D eigenvalue weighted by Crippen LogP contribution is 2.44. The number of hydrogen-bond donors (Lipinski definition) is 1. The predicted octanol–water partition coefficient (Wildman–Crippen LogP) is 4.18. The molecule has 0 radical (unpaired) electrons. The first-order chi connectivity index (χ1) is 18.2. The Morgan fingerprint density at radius 1 is 1.24 bits per heavy atom. The molecule has 1 amide bonds. The standard InChI is InChI=1S/C28H28F2N4O4/c1-4-28(12-7-13-28)32-16-34(33-15-11-20(35)25(36)24(33)27(32)37)23(22-17(3)8-6-14-31-22)18-9-10-19(29)21(30)26(18)38-5-2/h4,6,8-11,14-15,23,36H,1,5,7,12-13,16H2,2-3H3/t23-/m0/s1. The number of carbonyl (C=O) groups excluding carboxylic acids is 1. The number of ether oxygens (including phenoxy) is 1. The maximum absolute atomic E-state index is 15.1. The summed E-state index contributed by atoms with van der Waals surface area (Å²) < 4.78 is 36.5. The van der Waals surface area contributed by atoms with Gasteiger partial charge in [0.05, 0.1) is 17.8 Å². The van der Waals surface area contributed by atoms with Gasteiger partial charge in [0.1, 0.15) is 12.7 Å². The van der Waals surface area contributed by atoms with Gasteiger partial charge in [0.25, 0.3) is 5.91 Å². The lowest BCUT2D eigenvalue weighted by Gasteiger charge is -2.53. The lowest BCUT2D eigenvalue weighted by Crippen LogP contribution is -2.64. The van der Waals surface area contributed by atoms with Crippen LogP contribution in [-0.2, 0) is 0 Å². The number of amides is 1. The van der Waals surface area contributed by atoms with Crippen molar-refractivity contribution >= 4 is 5.91 Å². The molecule has 2 aliphatic rings. The highest BCUT2D eigenvalue weighted by molar-refractivity contribution is 5.97.